The Morgan fingerprint density at radius 1 is 1.28 bits per heavy atom. The highest BCUT2D eigenvalue weighted by Crippen LogP contribution is 2.13. The highest BCUT2D eigenvalue weighted by Gasteiger charge is 2.42. The zero-order valence-electron chi connectivity index (χ0n) is 8.93. The molecule has 1 rings (SSSR count). The lowest BCUT2D eigenvalue weighted by Gasteiger charge is -2.11. The molecule has 0 spiro atoms. The average molecular weight is 261 g/mol. The smallest absolute Gasteiger partial charge is 0.475 e. The molecule has 0 heterocycles. The molecule has 0 fully saturated rings. The summed E-state index contributed by atoms with van der Waals surface area (Å²) in [7, 11) is 0. The molecule has 1 aromatic carbocycles. The second-order valence-electron chi connectivity index (χ2n) is 3.09. The minimum atomic E-state index is -4.51. The molecule has 0 aliphatic heterocycles. The van der Waals surface area contributed by atoms with Crippen LogP contribution in [0, 0.1) is 0 Å². The predicted octanol–water partition coefficient (Wildman–Crippen LogP) is 1.52. The zero-order valence-corrected chi connectivity index (χ0v) is 8.93. The van der Waals surface area contributed by atoms with Gasteiger partial charge in [0, 0.05) is 0 Å². The lowest BCUT2D eigenvalue weighted by atomic mass is 10.2. The van der Waals surface area contributed by atoms with Gasteiger partial charge in [0.15, 0.2) is 0 Å². The summed E-state index contributed by atoms with van der Waals surface area (Å²) in [4.78, 5) is 24.2. The molecule has 1 aromatic rings. The van der Waals surface area contributed by atoms with E-state index in [4.69, 9.17) is 5.11 Å². The number of carbonyl (C=O) groups is 2. The lowest BCUT2D eigenvalue weighted by molar-refractivity contribution is -0.264. The molecule has 8 heteroatoms. The second-order valence-corrected chi connectivity index (χ2v) is 3.09. The Morgan fingerprint density at radius 3 is 2.44 bits per heavy atom. The van der Waals surface area contributed by atoms with Crippen molar-refractivity contribution in [3.05, 3.63) is 35.9 Å². The first kappa shape index (κ1) is 13.8. The highest BCUT2D eigenvalue weighted by molar-refractivity contribution is 5.74. The summed E-state index contributed by atoms with van der Waals surface area (Å²) >= 11 is 0. The molecular weight excluding hydrogens is 252 g/mol. The van der Waals surface area contributed by atoms with Crippen molar-refractivity contribution in [3.8, 4) is 0 Å². The standard InChI is InChI=1S/C10H9F2NO5/c11-10(12,8(14)15)18-13-9(16)17-6-7-4-2-1-3-5-7/h1-5H,6H2,(H,13,16)(H,14,15). The number of carbonyl (C=O) groups excluding carboxylic acids is 1. The van der Waals surface area contributed by atoms with E-state index >= 15 is 0 Å². The van der Waals surface area contributed by atoms with Gasteiger partial charge in [-0.3, -0.25) is 0 Å². The van der Waals surface area contributed by atoms with Gasteiger partial charge in [-0.25, -0.2) is 9.59 Å². The summed E-state index contributed by atoms with van der Waals surface area (Å²) in [6.45, 7) is -0.158. The molecule has 0 saturated carbocycles. The van der Waals surface area contributed by atoms with Crippen molar-refractivity contribution in [2.24, 2.45) is 0 Å². The minimum Gasteiger partial charge on any atom is -0.475 e. The van der Waals surface area contributed by atoms with Crippen LogP contribution in [0.25, 0.3) is 0 Å². The number of nitrogens with one attached hydrogen (secondary N) is 1. The largest absolute Gasteiger partial charge is 0.476 e. The Kier molecular flexibility index (Phi) is 4.55. The van der Waals surface area contributed by atoms with E-state index in [1.807, 2.05) is 0 Å². The van der Waals surface area contributed by atoms with E-state index in [1.54, 1.807) is 30.3 Å². The van der Waals surface area contributed by atoms with Gasteiger partial charge in [0.05, 0.1) is 0 Å². The molecule has 0 bridgehead atoms. The quantitative estimate of drug-likeness (QED) is 0.785. The van der Waals surface area contributed by atoms with E-state index < -0.39 is 18.2 Å². The first-order valence-corrected chi connectivity index (χ1v) is 4.68. The van der Waals surface area contributed by atoms with Gasteiger partial charge in [0.1, 0.15) is 6.61 Å². The number of hydroxylamine groups is 1. The van der Waals surface area contributed by atoms with Crippen LogP contribution in [0.1, 0.15) is 5.56 Å². The summed E-state index contributed by atoms with van der Waals surface area (Å²) in [6.07, 6.45) is -5.83. The van der Waals surface area contributed by atoms with Gasteiger partial charge in [-0.1, -0.05) is 30.3 Å². The molecule has 0 aromatic heterocycles. The molecule has 2 N–H and O–H groups in total. The van der Waals surface area contributed by atoms with Crippen LogP contribution in [-0.2, 0) is 21.0 Å². The summed E-state index contributed by atoms with van der Waals surface area (Å²) in [5, 5.41) is 7.99. The van der Waals surface area contributed by atoms with Crippen molar-refractivity contribution in [3.63, 3.8) is 0 Å². The minimum absolute atomic E-state index is 0.158. The molecule has 0 atom stereocenters. The van der Waals surface area contributed by atoms with Crippen LogP contribution in [0.3, 0.4) is 0 Å². The summed E-state index contributed by atoms with van der Waals surface area (Å²) < 4.78 is 29.3. The van der Waals surface area contributed by atoms with Gasteiger partial charge in [-0.15, -0.1) is 0 Å². The van der Waals surface area contributed by atoms with Crippen LogP contribution in [0.4, 0.5) is 13.6 Å². The van der Waals surface area contributed by atoms with E-state index in [2.05, 4.69) is 9.57 Å². The van der Waals surface area contributed by atoms with Crippen LogP contribution >= 0.6 is 0 Å². The van der Waals surface area contributed by atoms with Crippen molar-refractivity contribution in [1.82, 2.24) is 5.48 Å². The molecule has 98 valence electrons. The molecule has 1 amide bonds. The monoisotopic (exact) mass is 261 g/mol. The maximum atomic E-state index is 12.4. The summed E-state index contributed by atoms with van der Waals surface area (Å²) in [5.74, 6) is -2.52. The maximum absolute atomic E-state index is 12.4. The Hall–Kier alpha value is -2.22. The molecule has 18 heavy (non-hydrogen) atoms. The number of carboxylic acid groups (broad SMARTS) is 1. The normalized spacial score (nSPS) is 10.8. The molecule has 0 saturated heterocycles. The Bertz CT molecular complexity index is 424. The number of hydrogen-bond donors (Lipinski definition) is 2. The van der Waals surface area contributed by atoms with Gasteiger partial charge in [0.25, 0.3) is 0 Å². The fourth-order valence-corrected chi connectivity index (χ4v) is 0.902. The third-order valence-electron chi connectivity index (χ3n) is 1.72. The first-order chi connectivity index (χ1) is 8.42. The summed E-state index contributed by atoms with van der Waals surface area (Å²) in [5.41, 5.74) is 1.82. The third kappa shape index (κ3) is 4.34. The molecule has 0 aliphatic carbocycles. The Balaban J connectivity index is 2.33. The number of aliphatic carboxylic acids is 1. The van der Waals surface area contributed by atoms with Gasteiger partial charge >= 0.3 is 18.2 Å². The molecule has 0 radical (unpaired) electrons. The van der Waals surface area contributed by atoms with Crippen molar-refractivity contribution < 1.29 is 33.1 Å². The zero-order chi connectivity index (χ0) is 13.6. The summed E-state index contributed by atoms with van der Waals surface area (Å²) in [6, 6.07) is 8.46. The van der Waals surface area contributed by atoms with Crippen molar-refractivity contribution in [2.45, 2.75) is 12.7 Å². The van der Waals surface area contributed by atoms with Gasteiger partial charge in [-0.2, -0.15) is 19.1 Å². The van der Waals surface area contributed by atoms with Crippen LogP contribution in [-0.4, -0.2) is 23.3 Å². The van der Waals surface area contributed by atoms with Crippen molar-refractivity contribution >= 4 is 12.1 Å². The predicted molar refractivity (Wildman–Crippen MR) is 53.4 cm³/mol. The van der Waals surface area contributed by atoms with Crippen molar-refractivity contribution in [1.29, 1.82) is 0 Å². The average Bonchev–Trinajstić information content (AvgIpc) is 2.35. The SMILES string of the molecule is O=C(NOC(F)(F)C(=O)O)OCc1ccccc1. The fourth-order valence-electron chi connectivity index (χ4n) is 0.902. The Labute approximate surface area is 100 Å². The van der Waals surface area contributed by atoms with E-state index in [0.717, 1.165) is 0 Å². The number of halogens is 2. The van der Waals surface area contributed by atoms with Crippen LogP contribution < -0.4 is 5.48 Å². The number of rotatable bonds is 5. The van der Waals surface area contributed by atoms with E-state index in [0.29, 0.717) is 5.56 Å². The topological polar surface area (TPSA) is 84.9 Å². The van der Waals surface area contributed by atoms with Crippen molar-refractivity contribution in [2.75, 3.05) is 0 Å². The van der Waals surface area contributed by atoms with Gasteiger partial charge in [-0.05, 0) is 5.56 Å². The number of benzene rings is 1. The van der Waals surface area contributed by atoms with E-state index in [1.165, 1.54) is 5.48 Å². The number of ether oxygens (including phenoxy) is 1. The number of carboxylic acids is 1. The second kappa shape index (κ2) is 5.92. The van der Waals surface area contributed by atoms with E-state index in [9.17, 15) is 18.4 Å². The first-order valence-electron chi connectivity index (χ1n) is 4.68. The van der Waals surface area contributed by atoms with Crippen LogP contribution in [0.15, 0.2) is 30.3 Å². The Morgan fingerprint density at radius 2 is 1.89 bits per heavy atom. The maximum Gasteiger partial charge on any atom is 0.476 e. The van der Waals surface area contributed by atoms with E-state index in [-0.39, 0.29) is 6.61 Å². The number of alkyl halides is 2. The molecule has 0 unspecified atom stereocenters. The highest BCUT2D eigenvalue weighted by atomic mass is 19.3. The van der Waals surface area contributed by atoms with Gasteiger partial charge < -0.3 is 9.84 Å². The van der Waals surface area contributed by atoms with Gasteiger partial charge in [0.2, 0.25) is 0 Å². The van der Waals surface area contributed by atoms with Crippen LogP contribution in [0.2, 0.25) is 0 Å². The lowest BCUT2D eigenvalue weighted by Crippen LogP contribution is -2.39. The molecular formula is C10H9F2NO5. The molecule has 6 nitrogen and oxygen atoms in total. The third-order valence-corrected chi connectivity index (χ3v) is 1.72. The number of hydrogen-bond acceptors (Lipinski definition) is 4. The molecule has 0 aliphatic rings. The number of amides is 1. The van der Waals surface area contributed by atoms with Crippen LogP contribution in [0.5, 0.6) is 0 Å². The fraction of sp³-hybridized carbons (Fsp3) is 0.200.